The van der Waals surface area contributed by atoms with Gasteiger partial charge in [-0.1, -0.05) is 0 Å². The van der Waals surface area contributed by atoms with Gasteiger partial charge in [-0.25, -0.2) is 0 Å². The predicted octanol–water partition coefficient (Wildman–Crippen LogP) is -0.451. The molecule has 0 aromatic heterocycles. The molecule has 4 atom stereocenters. The summed E-state index contributed by atoms with van der Waals surface area (Å²) in [7, 11) is 7.37. The van der Waals surface area contributed by atoms with Crippen LogP contribution < -0.4 is 43.4 Å². The van der Waals surface area contributed by atoms with Crippen LogP contribution in [-0.2, 0) is 22.7 Å². The highest BCUT2D eigenvalue weighted by atomic mass is 79.9. The maximum absolute atomic E-state index is 13.7. The van der Waals surface area contributed by atoms with Crippen LogP contribution in [0, 0.1) is 37.5 Å². The molecule has 14 nitrogen and oxygen atoms in total. The van der Waals surface area contributed by atoms with Gasteiger partial charge in [0, 0.05) is 75.6 Å². The third kappa shape index (κ3) is 7.03. The van der Waals surface area contributed by atoms with Gasteiger partial charge in [-0.05, 0) is 24.0 Å². The summed E-state index contributed by atoms with van der Waals surface area (Å²) in [6.07, 6.45) is 5.28. The third-order valence-corrected chi connectivity index (χ3v) is 13.5. The number of rotatable bonds is 13. The summed E-state index contributed by atoms with van der Waals surface area (Å²) in [5.74, 6) is -1.69. The first kappa shape index (κ1) is 41.4. The number of carbonyl (C=O) groups is 2. The monoisotopic (exact) mass is 854 g/mol. The Hall–Kier alpha value is -3.34. The lowest BCUT2D eigenvalue weighted by Gasteiger charge is -2.55. The lowest BCUT2D eigenvalue weighted by Crippen LogP contribution is -3.00. The van der Waals surface area contributed by atoms with E-state index in [2.05, 4.69) is 14.1 Å². The Morgan fingerprint density at radius 1 is 0.731 bits per heavy atom. The molecule has 0 spiro atoms. The van der Waals surface area contributed by atoms with E-state index in [0.29, 0.717) is 59.2 Å². The van der Waals surface area contributed by atoms with E-state index >= 15 is 0 Å². The van der Waals surface area contributed by atoms with Crippen LogP contribution in [0.1, 0.15) is 68.9 Å². The van der Waals surface area contributed by atoms with Crippen molar-refractivity contribution in [3.8, 4) is 11.5 Å². The number of quaternary nitrogens is 2. The van der Waals surface area contributed by atoms with Gasteiger partial charge >= 0.3 is 11.9 Å². The number of ether oxygens (including phenoxy) is 2. The fourth-order valence-corrected chi connectivity index (χ4v) is 10.9. The van der Waals surface area contributed by atoms with Gasteiger partial charge in [-0.15, -0.1) is 0 Å². The zero-order valence-corrected chi connectivity index (χ0v) is 33.1. The standard InChI is InChI=1S/C36H46N4O10.2BrH/c1-39(20-22-13-26(37(45)46)5-11-32(22)49-3)28-7-8-29(39)16-24(15-28)36(35(43)44,19-34(41)42)25-17-30-9-10-31(18-25)40(30,2)21-23-14-27(38(47)48)6-12-33(23)50-4;;/h5-6,11-14,24-25,28-31H,7-10,15-21H2,1-4H3;2*1H. The van der Waals surface area contributed by atoms with Crippen LogP contribution in [0.25, 0.3) is 0 Å². The van der Waals surface area contributed by atoms with E-state index in [4.69, 9.17) is 9.47 Å². The molecule has 4 heterocycles. The molecule has 4 aliphatic rings. The molecule has 0 saturated carbocycles. The fraction of sp³-hybridized carbons (Fsp3) is 0.611. The first-order valence-electron chi connectivity index (χ1n) is 17.4. The largest absolute Gasteiger partial charge is 1.00 e. The number of piperidine rings is 2. The molecule has 286 valence electrons. The van der Waals surface area contributed by atoms with Gasteiger partial charge in [0.15, 0.2) is 0 Å². The molecule has 0 amide bonds. The van der Waals surface area contributed by atoms with Gasteiger partial charge in [0.1, 0.15) is 24.6 Å². The van der Waals surface area contributed by atoms with E-state index in [1.165, 1.54) is 12.1 Å². The average molecular weight is 857 g/mol. The number of nitrogens with zero attached hydrogens (tertiary/aromatic N) is 4. The summed E-state index contributed by atoms with van der Waals surface area (Å²) < 4.78 is 12.4. The number of aliphatic carboxylic acids is 2. The number of nitro benzene ring substituents is 2. The Morgan fingerprint density at radius 3 is 1.35 bits per heavy atom. The molecule has 16 heteroatoms. The summed E-state index contributed by atoms with van der Waals surface area (Å²) in [4.78, 5) is 48.6. The Bertz CT molecular complexity index is 1580. The van der Waals surface area contributed by atoms with Crippen LogP contribution in [0.4, 0.5) is 11.4 Å². The minimum Gasteiger partial charge on any atom is -1.00 e. The number of non-ortho nitro benzene ring substituents is 2. The van der Waals surface area contributed by atoms with E-state index in [1.54, 1.807) is 38.5 Å². The molecule has 4 unspecified atom stereocenters. The van der Waals surface area contributed by atoms with E-state index < -0.39 is 33.6 Å². The summed E-state index contributed by atoms with van der Waals surface area (Å²) >= 11 is 0. The van der Waals surface area contributed by atoms with Gasteiger partial charge in [0.05, 0.1) is 85.3 Å². The zero-order chi connectivity index (χ0) is 36.2. The van der Waals surface area contributed by atoms with Gasteiger partial charge in [0.25, 0.3) is 11.4 Å². The fourth-order valence-electron chi connectivity index (χ4n) is 10.9. The van der Waals surface area contributed by atoms with Crippen molar-refractivity contribution >= 4 is 23.3 Å². The van der Waals surface area contributed by atoms with E-state index in [1.807, 2.05) is 0 Å². The molecule has 2 aromatic carbocycles. The van der Waals surface area contributed by atoms with Crippen molar-refractivity contribution in [2.45, 2.75) is 95.0 Å². The molecule has 2 aromatic rings. The smallest absolute Gasteiger partial charge is 0.310 e. The van der Waals surface area contributed by atoms with E-state index in [9.17, 15) is 40.0 Å². The van der Waals surface area contributed by atoms with Gasteiger partial charge in [0.2, 0.25) is 0 Å². The minimum atomic E-state index is -1.45. The number of fused-ring (bicyclic) bond motifs is 4. The Morgan fingerprint density at radius 2 is 1.08 bits per heavy atom. The second-order valence-electron chi connectivity index (χ2n) is 15.5. The minimum absolute atomic E-state index is 0. The van der Waals surface area contributed by atoms with Crippen molar-refractivity contribution in [3.63, 3.8) is 0 Å². The quantitative estimate of drug-likeness (QED) is 0.152. The highest BCUT2D eigenvalue weighted by Crippen LogP contribution is 2.59. The van der Waals surface area contributed by atoms with Crippen LogP contribution in [0.5, 0.6) is 11.5 Å². The van der Waals surface area contributed by atoms with Crippen molar-refractivity contribution < 1.29 is 82.1 Å². The molecule has 4 bridgehead atoms. The maximum Gasteiger partial charge on any atom is 0.310 e. The number of carboxylic acid groups (broad SMARTS) is 2. The lowest BCUT2D eigenvalue weighted by molar-refractivity contribution is -0.963. The molecule has 4 aliphatic heterocycles. The SMILES string of the molecule is COc1ccc([N+](=O)[O-])cc1C[N+]1(C)C2CCC1CC(C(CC(=O)O)(C(=O)O)C1CC3CCC(C1)[N+]3(C)Cc1cc([N+](=O)[O-])ccc1OC)C2.[Br-].[Br-]. The van der Waals surface area contributed by atoms with E-state index in [0.717, 1.165) is 36.8 Å². The first-order chi connectivity index (χ1) is 23.7. The predicted molar refractivity (Wildman–Crippen MR) is 180 cm³/mol. The molecule has 6 rings (SSSR count). The highest BCUT2D eigenvalue weighted by Gasteiger charge is 2.64. The number of halogens is 2. The number of hydrogen-bond acceptors (Lipinski definition) is 8. The van der Waals surface area contributed by atoms with Crippen LogP contribution in [0.3, 0.4) is 0 Å². The second-order valence-corrected chi connectivity index (χ2v) is 15.5. The van der Waals surface area contributed by atoms with Crippen LogP contribution in [0.2, 0.25) is 0 Å². The summed E-state index contributed by atoms with van der Waals surface area (Å²) in [5, 5.41) is 44.6. The number of carboxylic acids is 2. The number of methoxy groups -OCH3 is 2. The first-order valence-corrected chi connectivity index (χ1v) is 17.4. The summed E-state index contributed by atoms with van der Waals surface area (Å²) in [5.41, 5.74) is -0.00699. The Kier molecular flexibility index (Phi) is 12.4. The average Bonchev–Trinajstić information content (AvgIpc) is 3.31. The van der Waals surface area contributed by atoms with Gasteiger partial charge < -0.3 is 62.6 Å². The van der Waals surface area contributed by atoms with Crippen LogP contribution >= 0.6 is 0 Å². The molecule has 52 heavy (non-hydrogen) atoms. The second kappa shape index (κ2) is 15.6. The molecule has 0 radical (unpaired) electrons. The normalized spacial score (nSPS) is 31.3. The highest BCUT2D eigenvalue weighted by molar-refractivity contribution is 5.82. The van der Waals surface area contributed by atoms with Crippen molar-refractivity contribution in [1.82, 2.24) is 0 Å². The number of nitro groups is 2. The maximum atomic E-state index is 13.7. The summed E-state index contributed by atoms with van der Waals surface area (Å²) in [6.45, 7) is 0.993. The van der Waals surface area contributed by atoms with Crippen molar-refractivity contribution in [3.05, 3.63) is 67.8 Å². The van der Waals surface area contributed by atoms with E-state index in [-0.39, 0.29) is 81.3 Å². The molecule has 4 saturated heterocycles. The molecular weight excluding hydrogens is 808 g/mol. The zero-order valence-electron chi connectivity index (χ0n) is 29.9. The van der Waals surface area contributed by atoms with Gasteiger partial charge in [-0.3, -0.25) is 29.8 Å². The van der Waals surface area contributed by atoms with Crippen molar-refractivity contribution in [2.75, 3.05) is 28.3 Å². The van der Waals surface area contributed by atoms with Crippen LogP contribution in [-0.4, -0.2) is 93.4 Å². The lowest BCUT2D eigenvalue weighted by atomic mass is 9.57. The molecular formula is C36H48Br2N4O10. The topological polar surface area (TPSA) is 179 Å². The van der Waals surface area contributed by atoms with Crippen molar-refractivity contribution in [1.29, 1.82) is 0 Å². The number of hydrogen-bond donors (Lipinski definition) is 2. The summed E-state index contributed by atoms with van der Waals surface area (Å²) in [6, 6.07) is 9.50. The molecule has 0 aliphatic carbocycles. The van der Waals surface area contributed by atoms with Gasteiger partial charge in [-0.2, -0.15) is 0 Å². The Labute approximate surface area is 324 Å². The number of benzene rings is 2. The van der Waals surface area contributed by atoms with Crippen molar-refractivity contribution in [2.24, 2.45) is 17.3 Å². The Balaban J connectivity index is 0.00000302. The molecule has 2 N–H and O–H groups in total. The van der Waals surface area contributed by atoms with Crippen LogP contribution in [0.15, 0.2) is 36.4 Å². The molecule has 4 fully saturated rings. The third-order valence-electron chi connectivity index (χ3n) is 13.5.